The van der Waals surface area contributed by atoms with Gasteiger partial charge in [-0.3, -0.25) is 9.59 Å². The van der Waals surface area contributed by atoms with E-state index in [-0.39, 0.29) is 18.2 Å². The van der Waals surface area contributed by atoms with Crippen LogP contribution >= 0.6 is 0 Å². The number of carbonyl (C=O) groups is 3. The van der Waals surface area contributed by atoms with Crippen molar-refractivity contribution in [2.75, 3.05) is 6.54 Å². The standard InChI is InChI=1S/C19H26N2O4/c1-5-11-20-18(23)14(4)25-19(24)17(13(2)3)21-16(22)12-15-9-7-6-8-10-15/h5-10,13-14,17H,1,11-12H2,2-4H3,(H,20,23)(H,21,22)/t14-,17+/m1/s1. The summed E-state index contributed by atoms with van der Waals surface area (Å²) >= 11 is 0. The van der Waals surface area contributed by atoms with Crippen molar-refractivity contribution in [2.24, 2.45) is 5.92 Å². The first-order valence-electron chi connectivity index (χ1n) is 8.27. The van der Waals surface area contributed by atoms with Crippen LogP contribution in [0.3, 0.4) is 0 Å². The number of rotatable bonds is 9. The second-order valence-electron chi connectivity index (χ2n) is 6.06. The molecule has 2 N–H and O–H groups in total. The van der Waals surface area contributed by atoms with Gasteiger partial charge in [-0.05, 0) is 18.4 Å². The van der Waals surface area contributed by atoms with Gasteiger partial charge in [0, 0.05) is 6.54 Å². The summed E-state index contributed by atoms with van der Waals surface area (Å²) in [6, 6.07) is 8.43. The molecule has 1 aromatic carbocycles. The van der Waals surface area contributed by atoms with Crippen LogP contribution in [-0.2, 0) is 25.5 Å². The molecule has 2 atom stereocenters. The van der Waals surface area contributed by atoms with Gasteiger partial charge in [-0.1, -0.05) is 50.3 Å². The topological polar surface area (TPSA) is 84.5 Å². The molecule has 0 spiro atoms. The number of hydrogen-bond acceptors (Lipinski definition) is 4. The molecule has 0 aliphatic carbocycles. The van der Waals surface area contributed by atoms with Gasteiger partial charge < -0.3 is 15.4 Å². The third-order valence-electron chi connectivity index (χ3n) is 3.53. The second kappa shape index (κ2) is 10.3. The SMILES string of the molecule is C=CCNC(=O)[C@@H](C)OC(=O)[C@@H](NC(=O)Cc1ccccc1)C(C)C. The minimum absolute atomic E-state index is 0.171. The molecule has 1 aromatic rings. The van der Waals surface area contributed by atoms with E-state index >= 15 is 0 Å². The van der Waals surface area contributed by atoms with Gasteiger partial charge in [-0.2, -0.15) is 0 Å². The van der Waals surface area contributed by atoms with Crippen molar-refractivity contribution in [1.82, 2.24) is 10.6 Å². The Morgan fingerprint density at radius 2 is 1.80 bits per heavy atom. The number of esters is 1. The Hall–Kier alpha value is -2.63. The molecule has 2 amide bonds. The Balaban J connectivity index is 2.62. The summed E-state index contributed by atoms with van der Waals surface area (Å²) in [5.41, 5.74) is 0.855. The number of carbonyl (C=O) groups excluding carboxylic acids is 3. The summed E-state index contributed by atoms with van der Waals surface area (Å²) in [7, 11) is 0. The summed E-state index contributed by atoms with van der Waals surface area (Å²) in [6.45, 7) is 8.89. The number of ether oxygens (including phenoxy) is 1. The lowest BCUT2D eigenvalue weighted by Gasteiger charge is -2.23. The second-order valence-corrected chi connectivity index (χ2v) is 6.06. The van der Waals surface area contributed by atoms with E-state index in [9.17, 15) is 14.4 Å². The molecular weight excluding hydrogens is 320 g/mol. The summed E-state index contributed by atoms with van der Waals surface area (Å²) < 4.78 is 5.18. The first kappa shape index (κ1) is 20.4. The van der Waals surface area contributed by atoms with Gasteiger partial charge in [0.15, 0.2) is 6.10 Å². The lowest BCUT2D eigenvalue weighted by molar-refractivity contribution is -0.158. The van der Waals surface area contributed by atoms with E-state index in [1.807, 2.05) is 30.3 Å². The molecule has 0 aliphatic rings. The zero-order valence-corrected chi connectivity index (χ0v) is 15.0. The lowest BCUT2D eigenvalue weighted by atomic mass is 10.0. The van der Waals surface area contributed by atoms with E-state index in [2.05, 4.69) is 17.2 Å². The normalized spacial score (nSPS) is 12.8. The minimum Gasteiger partial charge on any atom is -0.451 e. The molecule has 6 heteroatoms. The Bertz CT molecular complexity index is 599. The number of benzene rings is 1. The molecule has 0 radical (unpaired) electrons. The van der Waals surface area contributed by atoms with Crippen molar-refractivity contribution >= 4 is 17.8 Å². The highest BCUT2D eigenvalue weighted by atomic mass is 16.5. The van der Waals surface area contributed by atoms with Crippen LogP contribution in [0.25, 0.3) is 0 Å². The van der Waals surface area contributed by atoms with Crippen molar-refractivity contribution in [2.45, 2.75) is 39.3 Å². The van der Waals surface area contributed by atoms with Crippen LogP contribution in [0.5, 0.6) is 0 Å². The van der Waals surface area contributed by atoms with Crippen LogP contribution in [0.4, 0.5) is 0 Å². The fourth-order valence-electron chi connectivity index (χ4n) is 2.12. The van der Waals surface area contributed by atoms with Crippen molar-refractivity contribution in [3.05, 3.63) is 48.6 Å². The maximum Gasteiger partial charge on any atom is 0.329 e. The predicted octanol–water partition coefficient (Wildman–Crippen LogP) is 1.60. The number of nitrogens with one attached hydrogen (secondary N) is 2. The van der Waals surface area contributed by atoms with Crippen molar-refractivity contribution < 1.29 is 19.1 Å². The van der Waals surface area contributed by atoms with Gasteiger partial charge in [0.05, 0.1) is 6.42 Å². The smallest absolute Gasteiger partial charge is 0.329 e. The molecular formula is C19H26N2O4. The van der Waals surface area contributed by atoms with Crippen LogP contribution in [-0.4, -0.2) is 36.5 Å². The third-order valence-corrected chi connectivity index (χ3v) is 3.53. The Kier molecular flexibility index (Phi) is 8.39. The summed E-state index contributed by atoms with van der Waals surface area (Å²) in [6.07, 6.45) is 0.764. The van der Waals surface area contributed by atoms with Gasteiger partial charge in [-0.25, -0.2) is 4.79 Å². The largest absolute Gasteiger partial charge is 0.451 e. The van der Waals surface area contributed by atoms with E-state index in [0.29, 0.717) is 6.54 Å². The van der Waals surface area contributed by atoms with Gasteiger partial charge in [0.1, 0.15) is 6.04 Å². The first-order valence-corrected chi connectivity index (χ1v) is 8.27. The van der Waals surface area contributed by atoms with E-state index in [1.165, 1.54) is 13.0 Å². The molecule has 1 rings (SSSR count). The van der Waals surface area contributed by atoms with Crippen LogP contribution in [0.1, 0.15) is 26.3 Å². The fourth-order valence-corrected chi connectivity index (χ4v) is 2.12. The highest BCUT2D eigenvalue weighted by Crippen LogP contribution is 2.08. The monoisotopic (exact) mass is 346 g/mol. The van der Waals surface area contributed by atoms with Crippen LogP contribution < -0.4 is 10.6 Å². The Morgan fingerprint density at radius 3 is 2.36 bits per heavy atom. The van der Waals surface area contributed by atoms with E-state index < -0.39 is 24.0 Å². The molecule has 6 nitrogen and oxygen atoms in total. The molecule has 0 aromatic heterocycles. The third kappa shape index (κ3) is 7.20. The molecule has 25 heavy (non-hydrogen) atoms. The number of hydrogen-bond donors (Lipinski definition) is 2. The van der Waals surface area contributed by atoms with Gasteiger partial charge in [0.25, 0.3) is 5.91 Å². The fraction of sp³-hybridized carbons (Fsp3) is 0.421. The Morgan fingerprint density at radius 1 is 1.16 bits per heavy atom. The van der Waals surface area contributed by atoms with Crippen molar-refractivity contribution in [3.63, 3.8) is 0 Å². The predicted molar refractivity (Wildman–Crippen MR) is 95.7 cm³/mol. The summed E-state index contributed by atoms with van der Waals surface area (Å²) in [5.74, 6) is -1.48. The molecule has 0 aliphatic heterocycles. The molecule has 0 unspecified atom stereocenters. The van der Waals surface area contributed by atoms with Crippen molar-refractivity contribution in [3.8, 4) is 0 Å². The van der Waals surface area contributed by atoms with Gasteiger partial charge in [0.2, 0.25) is 5.91 Å². The molecule has 0 fully saturated rings. The average molecular weight is 346 g/mol. The summed E-state index contributed by atoms with van der Waals surface area (Å²) in [4.78, 5) is 36.3. The molecule has 0 saturated heterocycles. The van der Waals surface area contributed by atoms with Crippen molar-refractivity contribution in [1.29, 1.82) is 0 Å². The first-order chi connectivity index (χ1) is 11.8. The maximum absolute atomic E-state index is 12.3. The van der Waals surface area contributed by atoms with E-state index in [0.717, 1.165) is 5.56 Å². The Labute approximate surface area is 148 Å². The molecule has 0 heterocycles. The highest BCUT2D eigenvalue weighted by molar-refractivity contribution is 5.88. The summed E-state index contributed by atoms with van der Waals surface area (Å²) in [5, 5.41) is 5.25. The molecule has 0 saturated carbocycles. The van der Waals surface area contributed by atoms with Gasteiger partial charge >= 0.3 is 5.97 Å². The van der Waals surface area contributed by atoms with Crippen LogP contribution in [0, 0.1) is 5.92 Å². The lowest BCUT2D eigenvalue weighted by Crippen LogP contribution is -2.48. The quantitative estimate of drug-likeness (QED) is 0.525. The minimum atomic E-state index is -0.945. The number of amides is 2. The highest BCUT2D eigenvalue weighted by Gasteiger charge is 2.28. The zero-order valence-electron chi connectivity index (χ0n) is 15.0. The van der Waals surface area contributed by atoms with Gasteiger partial charge in [-0.15, -0.1) is 6.58 Å². The zero-order chi connectivity index (χ0) is 18.8. The maximum atomic E-state index is 12.3. The van der Waals surface area contributed by atoms with Crippen LogP contribution in [0.2, 0.25) is 0 Å². The van der Waals surface area contributed by atoms with E-state index in [1.54, 1.807) is 13.8 Å². The molecule has 0 bridgehead atoms. The molecule has 136 valence electrons. The van der Waals surface area contributed by atoms with E-state index in [4.69, 9.17) is 4.74 Å². The van der Waals surface area contributed by atoms with Crippen LogP contribution in [0.15, 0.2) is 43.0 Å². The average Bonchev–Trinajstić information content (AvgIpc) is 2.57.